The number of hydrogen-bond acceptors (Lipinski definition) is 5. The first kappa shape index (κ1) is 10.7. The van der Waals surface area contributed by atoms with Crippen molar-refractivity contribution < 1.29 is 9.47 Å². The van der Waals surface area contributed by atoms with Crippen LogP contribution in [0.3, 0.4) is 0 Å². The van der Waals surface area contributed by atoms with Crippen molar-refractivity contribution in [2.24, 2.45) is 0 Å². The lowest BCUT2D eigenvalue weighted by Crippen LogP contribution is -2.54. The molecule has 1 spiro atoms. The van der Waals surface area contributed by atoms with E-state index in [1.54, 1.807) is 0 Å². The molecule has 1 aromatic heterocycles. The first-order valence-corrected chi connectivity index (χ1v) is 6.59. The molecule has 1 aromatic rings. The predicted octanol–water partition coefficient (Wildman–Crippen LogP) is 1.35. The third-order valence-corrected chi connectivity index (χ3v) is 4.09. The molecular weight excluding hydrogens is 224 g/mol. The van der Waals surface area contributed by atoms with Gasteiger partial charge in [0, 0.05) is 49.7 Å². The molecule has 2 fully saturated rings. The Balaban J connectivity index is 1.88. The van der Waals surface area contributed by atoms with Crippen LogP contribution in [0.5, 0.6) is 0 Å². The fraction of sp³-hybridized carbons (Fsp3) is 0.727. The predicted molar refractivity (Wildman–Crippen MR) is 61.6 cm³/mol. The van der Waals surface area contributed by atoms with Gasteiger partial charge >= 0.3 is 0 Å². The van der Waals surface area contributed by atoms with Gasteiger partial charge in [-0.2, -0.15) is 0 Å². The minimum Gasteiger partial charge on any atom is -0.381 e. The van der Waals surface area contributed by atoms with Gasteiger partial charge < -0.3 is 14.8 Å². The smallest absolute Gasteiger partial charge is 0.0921 e. The summed E-state index contributed by atoms with van der Waals surface area (Å²) in [7, 11) is 0. The van der Waals surface area contributed by atoms with Gasteiger partial charge in [0.1, 0.15) is 0 Å². The van der Waals surface area contributed by atoms with E-state index < -0.39 is 0 Å². The van der Waals surface area contributed by atoms with Crippen LogP contribution in [0.25, 0.3) is 0 Å². The number of aromatic nitrogens is 1. The largest absolute Gasteiger partial charge is 0.381 e. The number of hydrogen-bond donors (Lipinski definition) is 1. The van der Waals surface area contributed by atoms with E-state index in [4.69, 9.17) is 9.47 Å². The first-order valence-electron chi connectivity index (χ1n) is 5.75. The first-order chi connectivity index (χ1) is 7.91. The molecule has 0 amide bonds. The Morgan fingerprint density at radius 1 is 1.38 bits per heavy atom. The monoisotopic (exact) mass is 240 g/mol. The molecule has 2 aliphatic rings. The van der Waals surface area contributed by atoms with Crippen LogP contribution in [0.2, 0.25) is 0 Å². The van der Waals surface area contributed by atoms with E-state index in [1.807, 2.05) is 6.20 Å². The molecule has 0 bridgehead atoms. The minimum absolute atomic E-state index is 0.0702. The van der Waals surface area contributed by atoms with Gasteiger partial charge in [-0.25, -0.2) is 4.37 Å². The van der Waals surface area contributed by atoms with Gasteiger partial charge in [0.15, 0.2) is 0 Å². The second kappa shape index (κ2) is 4.41. The molecule has 2 saturated heterocycles. The van der Waals surface area contributed by atoms with Crippen molar-refractivity contribution >= 4 is 11.5 Å². The van der Waals surface area contributed by atoms with E-state index in [-0.39, 0.29) is 11.6 Å². The minimum atomic E-state index is -0.0702. The van der Waals surface area contributed by atoms with Crippen LogP contribution >= 0.6 is 11.5 Å². The highest BCUT2D eigenvalue weighted by atomic mass is 32.1. The molecule has 0 aliphatic carbocycles. The summed E-state index contributed by atoms with van der Waals surface area (Å²) in [4.78, 5) is 0. The topological polar surface area (TPSA) is 43.4 Å². The number of morpholine rings is 1. The van der Waals surface area contributed by atoms with E-state index >= 15 is 0 Å². The number of nitrogens with one attached hydrogen (secondary N) is 1. The maximum Gasteiger partial charge on any atom is 0.0921 e. The van der Waals surface area contributed by atoms with Crippen molar-refractivity contribution in [2.75, 3.05) is 26.4 Å². The Morgan fingerprint density at radius 2 is 2.25 bits per heavy atom. The van der Waals surface area contributed by atoms with E-state index in [0.717, 1.165) is 39.2 Å². The maximum absolute atomic E-state index is 6.08. The number of ether oxygens (including phenoxy) is 2. The van der Waals surface area contributed by atoms with Gasteiger partial charge in [0.25, 0.3) is 0 Å². The molecular formula is C11H16N2O2S. The lowest BCUT2D eigenvalue weighted by atomic mass is 9.82. The second-order valence-electron chi connectivity index (χ2n) is 4.37. The maximum atomic E-state index is 6.08. The van der Waals surface area contributed by atoms with Crippen LogP contribution in [-0.2, 0) is 9.47 Å². The molecule has 3 rings (SSSR count). The average molecular weight is 240 g/mol. The van der Waals surface area contributed by atoms with Crippen molar-refractivity contribution in [1.29, 1.82) is 0 Å². The van der Waals surface area contributed by atoms with Gasteiger partial charge in [0.2, 0.25) is 0 Å². The SMILES string of the molecule is c1nscc1C1NCCOC12CCOCC2. The lowest BCUT2D eigenvalue weighted by molar-refractivity contribution is -0.149. The Hall–Kier alpha value is -0.490. The summed E-state index contributed by atoms with van der Waals surface area (Å²) in [6, 6.07) is 0.281. The molecule has 3 heterocycles. The number of nitrogens with zero attached hydrogens (tertiary/aromatic N) is 1. The van der Waals surface area contributed by atoms with Crippen molar-refractivity contribution in [3.63, 3.8) is 0 Å². The molecule has 0 radical (unpaired) electrons. The number of rotatable bonds is 1. The third kappa shape index (κ3) is 1.78. The van der Waals surface area contributed by atoms with Gasteiger partial charge in [-0.3, -0.25) is 0 Å². The molecule has 4 nitrogen and oxygen atoms in total. The van der Waals surface area contributed by atoms with Gasteiger partial charge in [0.05, 0.1) is 18.2 Å². The molecule has 0 saturated carbocycles. The molecule has 1 atom stereocenters. The van der Waals surface area contributed by atoms with Crippen LogP contribution in [0.4, 0.5) is 0 Å². The molecule has 88 valence electrons. The van der Waals surface area contributed by atoms with E-state index in [0.29, 0.717) is 0 Å². The Morgan fingerprint density at radius 3 is 3.00 bits per heavy atom. The summed E-state index contributed by atoms with van der Waals surface area (Å²) < 4.78 is 15.7. The molecule has 0 aromatic carbocycles. The highest BCUT2D eigenvalue weighted by molar-refractivity contribution is 7.03. The second-order valence-corrected chi connectivity index (χ2v) is 5.03. The normalized spacial score (nSPS) is 29.4. The standard InChI is InChI=1S/C11H16N2O2S/c1-4-14-5-2-11(1)10(12-3-6-15-11)9-7-13-16-8-9/h7-8,10,12H,1-6H2. The molecule has 1 N–H and O–H groups in total. The van der Waals surface area contributed by atoms with Crippen LogP contribution in [-0.4, -0.2) is 36.3 Å². The lowest BCUT2D eigenvalue weighted by Gasteiger charge is -2.46. The molecule has 2 aliphatic heterocycles. The van der Waals surface area contributed by atoms with Gasteiger partial charge in [-0.1, -0.05) is 0 Å². The van der Waals surface area contributed by atoms with Gasteiger partial charge in [-0.15, -0.1) is 0 Å². The summed E-state index contributed by atoms with van der Waals surface area (Å²) in [5.41, 5.74) is 1.19. The van der Waals surface area contributed by atoms with Crippen molar-refractivity contribution in [3.8, 4) is 0 Å². The summed E-state index contributed by atoms with van der Waals surface area (Å²) >= 11 is 1.50. The van der Waals surface area contributed by atoms with E-state index in [1.165, 1.54) is 17.1 Å². The fourth-order valence-electron chi connectivity index (χ4n) is 2.65. The summed E-state index contributed by atoms with van der Waals surface area (Å²) in [6.07, 6.45) is 3.90. The summed E-state index contributed by atoms with van der Waals surface area (Å²) in [5.74, 6) is 0. The molecule has 16 heavy (non-hydrogen) atoms. The van der Waals surface area contributed by atoms with Crippen LogP contribution in [0, 0.1) is 0 Å². The van der Waals surface area contributed by atoms with Crippen molar-refractivity contribution in [2.45, 2.75) is 24.5 Å². The third-order valence-electron chi connectivity index (χ3n) is 3.49. The zero-order chi connectivity index (χ0) is 10.8. The molecule has 1 unspecified atom stereocenters. The Kier molecular flexibility index (Phi) is 2.93. The highest BCUT2D eigenvalue weighted by Crippen LogP contribution is 2.39. The summed E-state index contributed by atoms with van der Waals surface area (Å²) in [5, 5.41) is 5.68. The van der Waals surface area contributed by atoms with Crippen LogP contribution < -0.4 is 5.32 Å². The Labute approximate surface area is 99.1 Å². The quantitative estimate of drug-likeness (QED) is 0.805. The van der Waals surface area contributed by atoms with Crippen LogP contribution in [0.1, 0.15) is 24.4 Å². The van der Waals surface area contributed by atoms with E-state index in [9.17, 15) is 0 Å². The van der Waals surface area contributed by atoms with E-state index in [2.05, 4.69) is 15.1 Å². The molecule has 5 heteroatoms. The van der Waals surface area contributed by atoms with Crippen molar-refractivity contribution in [1.82, 2.24) is 9.69 Å². The zero-order valence-electron chi connectivity index (χ0n) is 9.15. The van der Waals surface area contributed by atoms with Crippen LogP contribution in [0.15, 0.2) is 11.6 Å². The van der Waals surface area contributed by atoms with Crippen molar-refractivity contribution in [3.05, 3.63) is 17.1 Å². The Bertz CT molecular complexity index is 327. The summed E-state index contributed by atoms with van der Waals surface area (Å²) in [6.45, 7) is 3.32. The highest BCUT2D eigenvalue weighted by Gasteiger charge is 2.44. The fourth-order valence-corrected chi connectivity index (χ4v) is 3.22. The average Bonchev–Trinajstić information content (AvgIpc) is 2.84. The zero-order valence-corrected chi connectivity index (χ0v) is 9.96. The van der Waals surface area contributed by atoms with Gasteiger partial charge in [-0.05, 0) is 11.5 Å².